The highest BCUT2D eigenvalue weighted by atomic mass is 16.3. The molecule has 1 aromatic carbocycles. The molecule has 2 atom stereocenters. The van der Waals surface area contributed by atoms with Gasteiger partial charge in [-0.15, -0.1) is 0 Å². The lowest BCUT2D eigenvalue weighted by molar-refractivity contribution is -0.134. The summed E-state index contributed by atoms with van der Waals surface area (Å²) in [6, 6.07) is 10.0. The molecule has 1 aromatic rings. The number of rotatable bonds is 5. The van der Waals surface area contributed by atoms with Gasteiger partial charge in [0, 0.05) is 13.1 Å². The van der Waals surface area contributed by atoms with E-state index in [1.54, 1.807) is 0 Å². The van der Waals surface area contributed by atoms with E-state index in [9.17, 15) is 9.90 Å². The van der Waals surface area contributed by atoms with Crippen molar-refractivity contribution in [3.05, 3.63) is 35.9 Å². The van der Waals surface area contributed by atoms with Crippen molar-refractivity contribution in [2.24, 2.45) is 11.8 Å². The predicted molar refractivity (Wildman–Crippen MR) is 75.4 cm³/mol. The maximum Gasteiger partial charge on any atom is 0.228 e. The lowest BCUT2D eigenvalue weighted by Crippen LogP contribution is -2.32. The minimum absolute atomic E-state index is 0.108. The van der Waals surface area contributed by atoms with Crippen molar-refractivity contribution >= 4 is 5.91 Å². The van der Waals surface area contributed by atoms with Crippen LogP contribution in [0.1, 0.15) is 32.3 Å². The molecule has 1 aliphatic heterocycles. The average molecular weight is 261 g/mol. The summed E-state index contributed by atoms with van der Waals surface area (Å²) in [4.78, 5) is 14.2. The zero-order valence-corrected chi connectivity index (χ0v) is 11.7. The lowest BCUT2D eigenvalue weighted by atomic mass is 9.93. The Labute approximate surface area is 115 Å². The number of benzene rings is 1. The van der Waals surface area contributed by atoms with Gasteiger partial charge in [0.25, 0.3) is 0 Å². The molecule has 0 aliphatic carbocycles. The van der Waals surface area contributed by atoms with Crippen molar-refractivity contribution in [1.29, 1.82) is 0 Å². The van der Waals surface area contributed by atoms with Crippen LogP contribution in [0.25, 0.3) is 0 Å². The molecule has 104 valence electrons. The zero-order valence-electron chi connectivity index (χ0n) is 11.7. The Kier molecular flexibility index (Phi) is 4.59. The third-order valence-electron chi connectivity index (χ3n) is 3.73. The number of likely N-dealkylation sites (tertiary alicyclic amines) is 1. The summed E-state index contributed by atoms with van der Waals surface area (Å²) in [7, 11) is 0. The third-order valence-corrected chi connectivity index (χ3v) is 3.73. The second-order valence-electron chi connectivity index (χ2n) is 5.84. The van der Waals surface area contributed by atoms with Gasteiger partial charge in [0.2, 0.25) is 5.91 Å². The number of aliphatic hydroxyl groups is 1. The Morgan fingerprint density at radius 3 is 2.63 bits per heavy atom. The number of amides is 1. The van der Waals surface area contributed by atoms with E-state index in [0.29, 0.717) is 18.9 Å². The highest BCUT2D eigenvalue weighted by molar-refractivity contribution is 5.81. The van der Waals surface area contributed by atoms with E-state index >= 15 is 0 Å². The Hall–Kier alpha value is -1.35. The van der Waals surface area contributed by atoms with Crippen molar-refractivity contribution in [2.75, 3.05) is 6.54 Å². The van der Waals surface area contributed by atoms with Crippen LogP contribution in [0.4, 0.5) is 0 Å². The van der Waals surface area contributed by atoms with E-state index < -0.39 is 6.10 Å². The molecule has 0 aromatic heterocycles. The van der Waals surface area contributed by atoms with Crippen molar-refractivity contribution in [3.63, 3.8) is 0 Å². The number of hydrogen-bond donors (Lipinski definition) is 1. The van der Waals surface area contributed by atoms with Crippen LogP contribution < -0.4 is 0 Å². The van der Waals surface area contributed by atoms with Crippen LogP contribution in [0.15, 0.2) is 30.3 Å². The molecule has 3 heteroatoms. The van der Waals surface area contributed by atoms with Gasteiger partial charge < -0.3 is 10.0 Å². The van der Waals surface area contributed by atoms with E-state index in [-0.39, 0.29) is 11.8 Å². The first-order valence-electron chi connectivity index (χ1n) is 7.08. The molecule has 1 amide bonds. The van der Waals surface area contributed by atoms with E-state index in [0.717, 1.165) is 18.5 Å². The number of carbonyl (C=O) groups excluding carboxylic acids is 1. The molecular formula is C16H23NO2. The quantitative estimate of drug-likeness (QED) is 0.884. The molecule has 1 saturated heterocycles. The molecule has 1 aliphatic rings. The normalized spacial score (nSPS) is 21.2. The number of aliphatic hydroxyl groups excluding tert-OH is 1. The Morgan fingerprint density at radius 2 is 2.00 bits per heavy atom. The van der Waals surface area contributed by atoms with E-state index in [2.05, 4.69) is 13.8 Å². The van der Waals surface area contributed by atoms with Gasteiger partial charge in [-0.25, -0.2) is 0 Å². The first kappa shape index (κ1) is 14.1. The molecule has 2 rings (SSSR count). The maximum absolute atomic E-state index is 12.3. The van der Waals surface area contributed by atoms with Gasteiger partial charge in [-0.1, -0.05) is 44.2 Å². The smallest absolute Gasteiger partial charge is 0.228 e. The van der Waals surface area contributed by atoms with Crippen LogP contribution in [-0.2, 0) is 11.3 Å². The molecule has 1 unspecified atom stereocenters. The van der Waals surface area contributed by atoms with Gasteiger partial charge in [-0.05, 0) is 24.3 Å². The first-order valence-corrected chi connectivity index (χ1v) is 7.08. The van der Waals surface area contributed by atoms with E-state index in [1.807, 2.05) is 35.2 Å². The fraction of sp³-hybridized carbons (Fsp3) is 0.562. The summed E-state index contributed by atoms with van der Waals surface area (Å²) < 4.78 is 0. The summed E-state index contributed by atoms with van der Waals surface area (Å²) in [5.41, 5.74) is 1.15. The van der Waals surface area contributed by atoms with Gasteiger partial charge in [-0.3, -0.25) is 4.79 Å². The van der Waals surface area contributed by atoms with Crippen LogP contribution in [0.2, 0.25) is 0 Å². The molecule has 0 bridgehead atoms. The maximum atomic E-state index is 12.3. The molecule has 1 heterocycles. The predicted octanol–water partition coefficient (Wildman–Crippen LogP) is 2.44. The van der Waals surface area contributed by atoms with Crippen molar-refractivity contribution < 1.29 is 9.90 Å². The van der Waals surface area contributed by atoms with Crippen molar-refractivity contribution in [2.45, 2.75) is 39.3 Å². The monoisotopic (exact) mass is 261 g/mol. The number of hydrogen-bond acceptors (Lipinski definition) is 2. The fourth-order valence-corrected chi connectivity index (χ4v) is 2.73. The second kappa shape index (κ2) is 6.20. The Bertz CT molecular complexity index is 416. The fourth-order valence-electron chi connectivity index (χ4n) is 2.73. The van der Waals surface area contributed by atoms with Gasteiger partial charge in [0.1, 0.15) is 0 Å². The van der Waals surface area contributed by atoms with Crippen LogP contribution in [0, 0.1) is 11.8 Å². The van der Waals surface area contributed by atoms with Crippen molar-refractivity contribution in [3.8, 4) is 0 Å². The van der Waals surface area contributed by atoms with E-state index in [4.69, 9.17) is 0 Å². The molecule has 3 nitrogen and oxygen atoms in total. The largest absolute Gasteiger partial charge is 0.392 e. The van der Waals surface area contributed by atoms with Crippen LogP contribution in [0.5, 0.6) is 0 Å². The number of nitrogens with zero attached hydrogens (tertiary/aromatic N) is 1. The summed E-state index contributed by atoms with van der Waals surface area (Å²) in [5, 5.41) is 10.1. The molecule has 0 spiro atoms. The van der Waals surface area contributed by atoms with Crippen LogP contribution >= 0.6 is 0 Å². The summed E-state index contributed by atoms with van der Waals surface area (Å²) in [5.74, 6) is 0.328. The third kappa shape index (κ3) is 3.57. The first-order chi connectivity index (χ1) is 9.08. The number of carbonyl (C=O) groups is 1. The summed E-state index contributed by atoms with van der Waals surface area (Å²) >= 11 is 0. The van der Waals surface area contributed by atoms with Gasteiger partial charge >= 0.3 is 0 Å². The summed E-state index contributed by atoms with van der Waals surface area (Å²) in [6.45, 7) is 5.56. The highest BCUT2D eigenvalue weighted by Crippen LogP contribution is 2.26. The zero-order chi connectivity index (χ0) is 13.8. The van der Waals surface area contributed by atoms with Gasteiger partial charge in [0.15, 0.2) is 0 Å². The average Bonchev–Trinajstić information content (AvgIpc) is 2.72. The SMILES string of the molecule is CC(C)C[C@H](O)C1CCN(Cc2ccccc2)C1=O. The van der Waals surface area contributed by atoms with Crippen LogP contribution in [-0.4, -0.2) is 28.6 Å². The van der Waals surface area contributed by atoms with Gasteiger partial charge in [-0.2, -0.15) is 0 Å². The molecule has 0 saturated carbocycles. The Morgan fingerprint density at radius 1 is 1.32 bits per heavy atom. The van der Waals surface area contributed by atoms with E-state index in [1.165, 1.54) is 0 Å². The highest BCUT2D eigenvalue weighted by Gasteiger charge is 2.36. The minimum Gasteiger partial charge on any atom is -0.392 e. The summed E-state index contributed by atoms with van der Waals surface area (Å²) in [6.07, 6.45) is 0.989. The van der Waals surface area contributed by atoms with Crippen LogP contribution in [0.3, 0.4) is 0 Å². The van der Waals surface area contributed by atoms with Gasteiger partial charge in [0.05, 0.1) is 12.0 Å². The molecular weight excluding hydrogens is 238 g/mol. The Balaban J connectivity index is 1.94. The molecule has 19 heavy (non-hydrogen) atoms. The van der Waals surface area contributed by atoms with Crippen molar-refractivity contribution in [1.82, 2.24) is 4.90 Å². The topological polar surface area (TPSA) is 40.5 Å². The molecule has 1 N–H and O–H groups in total. The second-order valence-corrected chi connectivity index (χ2v) is 5.84. The molecule has 1 fully saturated rings. The standard InChI is InChI=1S/C16H23NO2/c1-12(2)10-15(18)14-8-9-17(16(14)19)11-13-6-4-3-5-7-13/h3-7,12,14-15,18H,8-11H2,1-2H3/t14?,15-/m0/s1. The lowest BCUT2D eigenvalue weighted by Gasteiger charge is -2.20. The minimum atomic E-state index is -0.492. The molecule has 0 radical (unpaired) electrons.